The van der Waals surface area contributed by atoms with E-state index < -0.39 is 24.0 Å². The van der Waals surface area contributed by atoms with Crippen LogP contribution in [0.1, 0.15) is 10.4 Å². The van der Waals surface area contributed by atoms with E-state index in [-0.39, 0.29) is 25.2 Å². The van der Waals surface area contributed by atoms with Crippen LogP contribution in [0.3, 0.4) is 0 Å². The van der Waals surface area contributed by atoms with E-state index in [0.29, 0.717) is 6.54 Å². The molecule has 9 heteroatoms. The zero-order valence-corrected chi connectivity index (χ0v) is 11.8. The van der Waals surface area contributed by atoms with Crippen LogP contribution in [0.2, 0.25) is 0 Å². The van der Waals surface area contributed by atoms with E-state index in [0.717, 1.165) is 0 Å². The Morgan fingerprint density at radius 2 is 2.05 bits per heavy atom. The number of carbonyl (C=O) groups is 1. The number of ether oxygens (including phenoxy) is 2. The molecule has 0 N–H and O–H groups in total. The number of nitrogens with zero attached hydrogens (tertiary/aromatic N) is 2. The third-order valence-corrected chi connectivity index (χ3v) is 3.31. The fourth-order valence-electron chi connectivity index (χ4n) is 2.20. The second-order valence-electron chi connectivity index (χ2n) is 4.86. The fourth-order valence-corrected chi connectivity index (χ4v) is 2.20. The van der Waals surface area contributed by atoms with E-state index in [2.05, 4.69) is 9.47 Å². The van der Waals surface area contributed by atoms with Gasteiger partial charge in [-0.1, -0.05) is 0 Å². The number of esters is 1. The molecule has 1 fully saturated rings. The highest BCUT2D eigenvalue weighted by Crippen LogP contribution is 2.23. The number of hydrogen-bond donors (Lipinski definition) is 0. The third kappa shape index (κ3) is 4.08. The molecule has 0 atom stereocenters. The molecule has 0 radical (unpaired) electrons. The first-order valence-corrected chi connectivity index (χ1v) is 6.55. The van der Waals surface area contributed by atoms with Gasteiger partial charge in [0.25, 0.3) is 5.56 Å². The number of alkyl halides is 3. The predicted octanol–water partition coefficient (Wildman–Crippen LogP) is 0.856. The van der Waals surface area contributed by atoms with E-state index in [4.69, 9.17) is 0 Å². The number of rotatable bonds is 5. The average Bonchev–Trinajstić information content (AvgIpc) is 2.40. The molecule has 0 aromatic carbocycles. The van der Waals surface area contributed by atoms with Crippen LogP contribution < -0.4 is 5.56 Å². The summed E-state index contributed by atoms with van der Waals surface area (Å²) in [5.74, 6) is -0.720. The minimum absolute atomic E-state index is 0.0770. The normalized spacial score (nSPS) is 16.4. The maximum Gasteiger partial charge on any atom is 0.522 e. The number of likely N-dealkylation sites (tertiary alicyclic amines) is 1. The van der Waals surface area contributed by atoms with E-state index in [9.17, 15) is 22.8 Å². The van der Waals surface area contributed by atoms with Crippen molar-refractivity contribution in [1.29, 1.82) is 0 Å². The summed E-state index contributed by atoms with van der Waals surface area (Å²) < 4.78 is 45.6. The van der Waals surface area contributed by atoms with Crippen molar-refractivity contribution in [2.75, 3.05) is 26.7 Å². The molecule has 0 spiro atoms. The van der Waals surface area contributed by atoms with Crippen molar-refractivity contribution in [3.05, 3.63) is 34.2 Å². The minimum atomic E-state index is -4.62. The third-order valence-electron chi connectivity index (χ3n) is 3.31. The molecule has 0 saturated carbocycles. The van der Waals surface area contributed by atoms with Crippen LogP contribution in [0.15, 0.2) is 23.1 Å². The van der Waals surface area contributed by atoms with Gasteiger partial charge in [0.05, 0.1) is 13.2 Å². The molecule has 0 amide bonds. The number of halogens is 3. The van der Waals surface area contributed by atoms with Gasteiger partial charge >= 0.3 is 12.3 Å². The average molecular weight is 320 g/mol. The van der Waals surface area contributed by atoms with Crippen molar-refractivity contribution in [3.8, 4) is 0 Å². The lowest BCUT2D eigenvalue weighted by atomic mass is 10.1. The molecule has 22 heavy (non-hydrogen) atoms. The first kappa shape index (κ1) is 16.5. The molecule has 2 rings (SSSR count). The Morgan fingerprint density at radius 1 is 1.36 bits per heavy atom. The molecule has 122 valence electrons. The van der Waals surface area contributed by atoms with Crippen molar-refractivity contribution in [3.63, 3.8) is 0 Å². The number of aromatic nitrogens is 1. The minimum Gasteiger partial charge on any atom is -0.465 e. The summed E-state index contributed by atoms with van der Waals surface area (Å²) in [6.07, 6.45) is -3.97. The van der Waals surface area contributed by atoms with Gasteiger partial charge in [-0.15, -0.1) is 13.2 Å². The Labute approximate surface area is 124 Å². The van der Waals surface area contributed by atoms with E-state index in [1.807, 2.05) is 0 Å². The Balaban J connectivity index is 1.87. The fraction of sp³-hybridized carbons (Fsp3) is 0.538. The molecule has 1 aromatic rings. The highest BCUT2D eigenvalue weighted by molar-refractivity contribution is 5.88. The number of hydrogen-bond acceptors (Lipinski definition) is 5. The molecule has 6 nitrogen and oxygen atoms in total. The van der Waals surface area contributed by atoms with Gasteiger partial charge in [-0.05, 0) is 12.1 Å². The summed E-state index contributed by atoms with van der Waals surface area (Å²) in [5.41, 5.74) is -0.565. The first-order chi connectivity index (χ1) is 10.3. The first-order valence-electron chi connectivity index (χ1n) is 6.55. The predicted molar refractivity (Wildman–Crippen MR) is 69.4 cm³/mol. The van der Waals surface area contributed by atoms with Gasteiger partial charge in [0, 0.05) is 32.4 Å². The Bertz CT molecular complexity index is 594. The van der Waals surface area contributed by atoms with Crippen molar-refractivity contribution >= 4 is 5.97 Å². The molecule has 0 bridgehead atoms. The van der Waals surface area contributed by atoms with Gasteiger partial charge in [-0.25, -0.2) is 4.79 Å². The van der Waals surface area contributed by atoms with Crippen molar-refractivity contribution in [2.24, 2.45) is 0 Å². The van der Waals surface area contributed by atoms with Crippen LogP contribution in [0.5, 0.6) is 0 Å². The molecule has 1 aliphatic heterocycles. The molecule has 1 aromatic heterocycles. The van der Waals surface area contributed by atoms with Crippen LogP contribution in [0, 0.1) is 0 Å². The second kappa shape index (κ2) is 6.49. The van der Waals surface area contributed by atoms with E-state index >= 15 is 0 Å². The summed E-state index contributed by atoms with van der Waals surface area (Å²) in [5, 5.41) is 0. The topological polar surface area (TPSA) is 60.8 Å². The number of methoxy groups -OCH3 is 1. The maximum atomic E-state index is 12.0. The molecule has 0 unspecified atom stereocenters. The molecule has 1 aliphatic rings. The summed E-state index contributed by atoms with van der Waals surface area (Å²) >= 11 is 0. The zero-order chi connectivity index (χ0) is 16.3. The Kier molecular flexibility index (Phi) is 4.87. The van der Waals surface area contributed by atoms with Crippen LogP contribution >= 0.6 is 0 Å². The number of carbonyl (C=O) groups excluding carboxylic acids is 1. The smallest absolute Gasteiger partial charge is 0.465 e. The van der Waals surface area contributed by atoms with Gasteiger partial charge in [0.15, 0.2) is 0 Å². The van der Waals surface area contributed by atoms with Gasteiger partial charge in [0.2, 0.25) is 0 Å². The Hall–Kier alpha value is -1.87. The number of pyridine rings is 1. The maximum absolute atomic E-state index is 12.0. The van der Waals surface area contributed by atoms with Gasteiger partial charge in [-0.2, -0.15) is 0 Å². The lowest BCUT2D eigenvalue weighted by Crippen LogP contribution is -2.54. The van der Waals surface area contributed by atoms with E-state index in [1.165, 1.54) is 23.9 Å². The largest absolute Gasteiger partial charge is 0.522 e. The molecule has 0 aliphatic carbocycles. The zero-order valence-electron chi connectivity index (χ0n) is 11.8. The van der Waals surface area contributed by atoms with Crippen molar-refractivity contribution in [2.45, 2.75) is 19.0 Å². The highest BCUT2D eigenvalue weighted by Gasteiger charge is 2.38. The van der Waals surface area contributed by atoms with Gasteiger partial charge in [0.1, 0.15) is 5.56 Å². The van der Waals surface area contributed by atoms with Crippen molar-refractivity contribution in [1.82, 2.24) is 9.47 Å². The molecular weight excluding hydrogens is 305 g/mol. The standard InChI is InChI=1S/C13H15F3N2O4/c1-21-12(20)10-3-2-4-18(11(10)19)6-5-17-7-9(8-17)22-13(14,15)16/h2-4,9H,5-8H2,1H3. The highest BCUT2D eigenvalue weighted by atomic mass is 19.4. The van der Waals surface area contributed by atoms with Crippen LogP contribution in [-0.2, 0) is 16.0 Å². The molecular formula is C13H15F3N2O4. The second-order valence-corrected chi connectivity index (χ2v) is 4.86. The lowest BCUT2D eigenvalue weighted by Gasteiger charge is -2.38. The summed E-state index contributed by atoms with van der Waals surface area (Å²) in [6, 6.07) is 2.90. The van der Waals surface area contributed by atoms with Gasteiger partial charge in [-0.3, -0.25) is 14.4 Å². The van der Waals surface area contributed by atoms with Crippen molar-refractivity contribution < 1.29 is 27.4 Å². The molecule has 1 saturated heterocycles. The summed E-state index contributed by atoms with van der Waals surface area (Å²) in [6.45, 7) is 0.973. The SMILES string of the molecule is COC(=O)c1cccn(CCN2CC(OC(F)(F)F)C2)c1=O. The summed E-state index contributed by atoms with van der Waals surface area (Å²) in [7, 11) is 1.18. The van der Waals surface area contributed by atoms with Crippen LogP contribution in [0.4, 0.5) is 13.2 Å². The van der Waals surface area contributed by atoms with Gasteiger partial charge < -0.3 is 9.30 Å². The molecule has 2 heterocycles. The Morgan fingerprint density at radius 3 is 2.64 bits per heavy atom. The quantitative estimate of drug-likeness (QED) is 0.753. The monoisotopic (exact) mass is 320 g/mol. The van der Waals surface area contributed by atoms with Crippen LogP contribution in [-0.4, -0.2) is 54.6 Å². The van der Waals surface area contributed by atoms with E-state index in [1.54, 1.807) is 11.0 Å². The van der Waals surface area contributed by atoms with Crippen LogP contribution in [0.25, 0.3) is 0 Å². The lowest BCUT2D eigenvalue weighted by molar-refractivity contribution is -0.354. The summed E-state index contributed by atoms with van der Waals surface area (Å²) in [4.78, 5) is 25.1.